The lowest BCUT2D eigenvalue weighted by Crippen LogP contribution is -2.49. The molecule has 22 heavy (non-hydrogen) atoms. The summed E-state index contributed by atoms with van der Waals surface area (Å²) in [6, 6.07) is 1.53. The predicted octanol–water partition coefficient (Wildman–Crippen LogP) is 3.78. The second-order valence-electron chi connectivity index (χ2n) is 4.53. The monoisotopic (exact) mass is 335 g/mol. The molecule has 1 aromatic rings. The standard InChI is InChI=1S/C14H9ClF3NO3/c15-9-5-8-10(6-11(9)20)19-12(21)22-13(8,14(16,17)18)4-3-7-1-2-7/h5-7,20H,1-2H2,(H,19,21)/i1D2,2D2. The van der Waals surface area contributed by atoms with Crippen LogP contribution in [0.5, 0.6) is 5.75 Å². The quantitative estimate of drug-likeness (QED) is 0.709. The predicted molar refractivity (Wildman–Crippen MR) is 71.5 cm³/mol. The number of cyclic esters (lactones) is 1. The highest BCUT2D eigenvalue weighted by Gasteiger charge is 2.62. The van der Waals surface area contributed by atoms with Gasteiger partial charge in [0.25, 0.3) is 5.60 Å². The van der Waals surface area contributed by atoms with Crippen LogP contribution in [0, 0.1) is 17.8 Å². The number of halogens is 4. The first-order valence-electron chi connectivity index (χ1n) is 7.86. The topological polar surface area (TPSA) is 58.6 Å². The van der Waals surface area contributed by atoms with Gasteiger partial charge in [0, 0.05) is 23.0 Å². The van der Waals surface area contributed by atoms with Crippen LogP contribution in [0.2, 0.25) is 5.02 Å². The zero-order chi connectivity index (χ0) is 19.7. The number of hydrogen-bond acceptors (Lipinski definition) is 3. The van der Waals surface area contributed by atoms with Gasteiger partial charge in [-0.1, -0.05) is 17.5 Å². The molecular formula is C14H9ClF3NO3. The van der Waals surface area contributed by atoms with Crippen LogP contribution in [-0.2, 0) is 10.3 Å². The molecule has 1 atom stereocenters. The summed E-state index contributed by atoms with van der Waals surface area (Å²) >= 11 is 5.67. The number of carbonyl (C=O) groups is 1. The molecule has 1 aromatic carbocycles. The van der Waals surface area contributed by atoms with Crippen LogP contribution in [-0.4, -0.2) is 17.4 Å². The van der Waals surface area contributed by atoms with Gasteiger partial charge in [0.05, 0.1) is 10.7 Å². The number of amides is 1. The Labute approximate surface area is 133 Å². The van der Waals surface area contributed by atoms with Crippen molar-refractivity contribution in [2.24, 2.45) is 5.92 Å². The molecule has 0 saturated heterocycles. The second-order valence-corrected chi connectivity index (χ2v) is 4.94. The molecule has 0 bridgehead atoms. The molecule has 0 radical (unpaired) electrons. The minimum atomic E-state index is -5.25. The van der Waals surface area contributed by atoms with Crippen LogP contribution in [0.25, 0.3) is 0 Å². The summed E-state index contributed by atoms with van der Waals surface area (Å²) in [7, 11) is 0. The molecule has 1 fully saturated rings. The van der Waals surface area contributed by atoms with Gasteiger partial charge in [0.2, 0.25) is 0 Å². The highest BCUT2D eigenvalue weighted by atomic mass is 35.5. The maximum Gasteiger partial charge on any atom is 0.445 e. The summed E-state index contributed by atoms with van der Waals surface area (Å²) in [6.45, 7) is 0. The van der Waals surface area contributed by atoms with E-state index in [9.17, 15) is 23.1 Å². The van der Waals surface area contributed by atoms with Gasteiger partial charge in [-0.05, 0) is 24.7 Å². The first-order valence-corrected chi connectivity index (χ1v) is 6.24. The molecule has 8 heteroatoms. The number of ether oxygens (including phenoxy) is 1. The molecule has 2 N–H and O–H groups in total. The highest BCUT2D eigenvalue weighted by molar-refractivity contribution is 6.32. The third-order valence-electron chi connectivity index (χ3n) is 3.03. The van der Waals surface area contributed by atoms with Crippen LogP contribution < -0.4 is 5.32 Å². The van der Waals surface area contributed by atoms with E-state index in [2.05, 4.69) is 4.74 Å². The van der Waals surface area contributed by atoms with Gasteiger partial charge in [-0.25, -0.2) is 4.79 Å². The molecule has 3 rings (SSSR count). The molecule has 4 nitrogen and oxygen atoms in total. The normalized spacial score (nSPS) is 31.0. The van der Waals surface area contributed by atoms with Gasteiger partial charge in [-0.3, -0.25) is 5.32 Å². The van der Waals surface area contributed by atoms with Crippen molar-refractivity contribution >= 4 is 23.4 Å². The van der Waals surface area contributed by atoms with E-state index in [1.807, 2.05) is 11.2 Å². The molecule has 1 heterocycles. The Morgan fingerprint density at radius 3 is 2.77 bits per heavy atom. The molecule has 2 aliphatic rings. The number of anilines is 1. The summed E-state index contributed by atoms with van der Waals surface area (Å²) < 4.78 is 75.7. The number of aromatic hydroxyl groups is 1. The van der Waals surface area contributed by atoms with E-state index in [0.717, 1.165) is 12.1 Å². The Hall–Kier alpha value is -2.07. The summed E-state index contributed by atoms with van der Waals surface area (Å²) in [5, 5.41) is 11.1. The number of fused-ring (bicyclic) bond motifs is 1. The van der Waals surface area contributed by atoms with Crippen molar-refractivity contribution in [3.05, 3.63) is 22.7 Å². The molecule has 116 valence electrons. The number of nitrogens with one attached hydrogen (secondary N) is 1. The second kappa shape index (κ2) is 4.71. The summed E-state index contributed by atoms with van der Waals surface area (Å²) in [4.78, 5) is 11.6. The van der Waals surface area contributed by atoms with Crippen LogP contribution >= 0.6 is 11.6 Å². The number of benzene rings is 1. The summed E-state index contributed by atoms with van der Waals surface area (Å²) in [5.41, 5.74) is -4.63. The molecule has 1 aliphatic heterocycles. The Kier molecular flexibility index (Phi) is 2.28. The fourth-order valence-corrected chi connectivity index (χ4v) is 2.11. The van der Waals surface area contributed by atoms with Crippen LogP contribution in [0.1, 0.15) is 23.8 Å². The maximum atomic E-state index is 13.8. The molecule has 1 unspecified atom stereocenters. The Balaban J connectivity index is 2.21. The number of phenols is 1. The zero-order valence-corrected chi connectivity index (χ0v) is 11.3. The first-order chi connectivity index (χ1) is 11.7. The molecule has 0 aromatic heterocycles. The summed E-state index contributed by atoms with van der Waals surface area (Å²) in [5.74, 6) is 1.42. The van der Waals surface area contributed by atoms with Crippen molar-refractivity contribution < 1.29 is 33.3 Å². The van der Waals surface area contributed by atoms with Crippen LogP contribution in [0.3, 0.4) is 0 Å². The number of hydrogen-bond donors (Lipinski definition) is 2. The van der Waals surface area contributed by atoms with E-state index in [0.29, 0.717) is 0 Å². The minimum Gasteiger partial charge on any atom is -0.506 e. The van der Waals surface area contributed by atoms with E-state index in [1.54, 1.807) is 5.92 Å². The zero-order valence-electron chi connectivity index (χ0n) is 14.5. The minimum absolute atomic E-state index is 0.434. The van der Waals surface area contributed by atoms with Crippen LogP contribution in [0.15, 0.2) is 12.1 Å². The van der Waals surface area contributed by atoms with Gasteiger partial charge in [0.1, 0.15) is 5.75 Å². The van der Waals surface area contributed by atoms with Crippen molar-refractivity contribution in [1.29, 1.82) is 0 Å². The van der Waals surface area contributed by atoms with E-state index in [-0.39, 0.29) is 0 Å². The SMILES string of the molecule is [2H]C1([2H])C(C#CC2(C(F)(F)F)OC(=O)Nc3cc(O)c(Cl)cc32)C1([2H])[2H]. The lowest BCUT2D eigenvalue weighted by Gasteiger charge is -2.35. The van der Waals surface area contributed by atoms with Crippen molar-refractivity contribution in [2.45, 2.75) is 24.5 Å². The average molecular weight is 336 g/mol. The number of alkyl halides is 3. The highest BCUT2D eigenvalue weighted by Crippen LogP contribution is 2.49. The number of carbonyl (C=O) groups excluding carboxylic acids is 1. The maximum absolute atomic E-state index is 13.8. The van der Waals surface area contributed by atoms with Gasteiger partial charge in [-0.2, -0.15) is 13.2 Å². The first kappa shape index (κ1) is 10.6. The molecule has 1 saturated carbocycles. The average Bonchev–Trinajstić information content (AvgIpc) is 2.86. The fraction of sp³-hybridized carbons (Fsp3) is 0.357. The van der Waals surface area contributed by atoms with Crippen molar-refractivity contribution in [2.75, 3.05) is 5.32 Å². The van der Waals surface area contributed by atoms with Gasteiger partial charge >= 0.3 is 12.3 Å². The van der Waals surface area contributed by atoms with Crippen molar-refractivity contribution in [3.63, 3.8) is 0 Å². The fourth-order valence-electron chi connectivity index (χ4n) is 1.95. The van der Waals surface area contributed by atoms with Gasteiger partial charge < -0.3 is 9.84 Å². The van der Waals surface area contributed by atoms with Crippen molar-refractivity contribution in [1.82, 2.24) is 0 Å². The number of phenolic OH excluding ortho intramolecular Hbond substituents is 1. The smallest absolute Gasteiger partial charge is 0.445 e. The van der Waals surface area contributed by atoms with E-state index >= 15 is 0 Å². The van der Waals surface area contributed by atoms with Crippen LogP contribution in [0.4, 0.5) is 23.7 Å². The molecule has 0 spiro atoms. The van der Waals surface area contributed by atoms with E-state index in [1.165, 1.54) is 0 Å². The lowest BCUT2D eigenvalue weighted by molar-refractivity contribution is -0.239. The Bertz CT molecular complexity index is 867. The Morgan fingerprint density at radius 2 is 2.18 bits per heavy atom. The third kappa shape index (κ3) is 2.33. The number of rotatable bonds is 0. The molecule has 1 aliphatic carbocycles. The molecular weight excluding hydrogens is 323 g/mol. The Morgan fingerprint density at radius 1 is 1.50 bits per heavy atom. The van der Waals surface area contributed by atoms with Crippen molar-refractivity contribution in [3.8, 4) is 17.6 Å². The van der Waals surface area contributed by atoms with E-state index in [4.69, 9.17) is 17.1 Å². The molecule has 1 amide bonds. The van der Waals surface area contributed by atoms with Gasteiger partial charge in [-0.15, -0.1) is 0 Å². The largest absolute Gasteiger partial charge is 0.506 e. The lowest BCUT2D eigenvalue weighted by atomic mass is 9.90. The summed E-state index contributed by atoms with van der Waals surface area (Å²) in [6.07, 6.45) is -11.6. The third-order valence-corrected chi connectivity index (χ3v) is 3.33. The van der Waals surface area contributed by atoms with Gasteiger partial charge in [0.15, 0.2) is 0 Å². The van der Waals surface area contributed by atoms with E-state index < -0.39 is 58.6 Å².